The van der Waals surface area contributed by atoms with Gasteiger partial charge in [-0.25, -0.2) is 0 Å². The van der Waals surface area contributed by atoms with Crippen molar-refractivity contribution < 1.29 is 9.59 Å². The fraction of sp³-hybridized carbons (Fsp3) is 0.846. The summed E-state index contributed by atoms with van der Waals surface area (Å²) in [6.07, 6.45) is 6.66. The number of carbonyl (C=O) groups is 2. The van der Waals surface area contributed by atoms with Gasteiger partial charge in [-0.15, -0.1) is 0 Å². The van der Waals surface area contributed by atoms with Crippen molar-refractivity contribution in [2.45, 2.75) is 69.5 Å². The molecule has 2 aliphatic rings. The largest absolute Gasteiger partial charge is 0.352 e. The predicted octanol–water partition coefficient (Wildman–Crippen LogP) is 0.431. The molecule has 2 fully saturated rings. The van der Waals surface area contributed by atoms with E-state index in [0.29, 0.717) is 6.04 Å². The van der Waals surface area contributed by atoms with E-state index in [1.54, 1.807) is 6.92 Å². The minimum Gasteiger partial charge on any atom is -0.352 e. The molecule has 0 heterocycles. The van der Waals surface area contributed by atoms with Crippen LogP contribution < -0.4 is 16.4 Å². The molecule has 0 spiro atoms. The third kappa shape index (κ3) is 3.22. The second-order valence-corrected chi connectivity index (χ2v) is 5.69. The van der Waals surface area contributed by atoms with Gasteiger partial charge in [-0.1, -0.05) is 19.3 Å². The maximum Gasteiger partial charge on any atom is 0.242 e. The summed E-state index contributed by atoms with van der Waals surface area (Å²) in [7, 11) is 0. The summed E-state index contributed by atoms with van der Waals surface area (Å²) in [6, 6.07) is -0.182. The molecule has 0 aromatic rings. The van der Waals surface area contributed by atoms with Gasteiger partial charge in [0.2, 0.25) is 11.8 Å². The summed E-state index contributed by atoms with van der Waals surface area (Å²) in [5, 5.41) is 5.63. The van der Waals surface area contributed by atoms with Crippen LogP contribution in [0.4, 0.5) is 0 Å². The van der Waals surface area contributed by atoms with Gasteiger partial charge in [-0.3, -0.25) is 9.59 Å². The van der Waals surface area contributed by atoms with Gasteiger partial charge in [0, 0.05) is 6.04 Å². The van der Waals surface area contributed by atoms with Gasteiger partial charge in [0.25, 0.3) is 0 Å². The number of rotatable bonds is 4. The zero-order valence-electron chi connectivity index (χ0n) is 11.0. The Bertz CT molecular complexity index is 333. The van der Waals surface area contributed by atoms with Crippen molar-refractivity contribution >= 4 is 11.8 Å². The van der Waals surface area contributed by atoms with E-state index in [1.807, 2.05) is 0 Å². The first kappa shape index (κ1) is 13.3. The maximum atomic E-state index is 12.1. The Balaban J connectivity index is 1.83. The SMILES string of the molecule is CC(NC(=O)C1(N)CCCCC1)C(=O)NC1CC1. The second kappa shape index (κ2) is 5.26. The normalized spacial score (nSPS) is 24.1. The van der Waals surface area contributed by atoms with Crippen LogP contribution in [0.25, 0.3) is 0 Å². The molecule has 1 unspecified atom stereocenters. The standard InChI is InChI=1S/C13H23N3O2/c1-9(11(17)16-10-5-6-10)15-12(18)13(14)7-3-2-4-8-13/h9-10H,2-8,14H2,1H3,(H,15,18)(H,16,17). The van der Waals surface area contributed by atoms with E-state index in [0.717, 1.165) is 44.9 Å². The van der Waals surface area contributed by atoms with Crippen molar-refractivity contribution in [3.63, 3.8) is 0 Å². The minimum atomic E-state index is -0.771. The number of carbonyl (C=O) groups excluding carboxylic acids is 2. The average molecular weight is 253 g/mol. The van der Waals surface area contributed by atoms with Gasteiger partial charge in [0.15, 0.2) is 0 Å². The first-order chi connectivity index (χ1) is 8.51. The van der Waals surface area contributed by atoms with Crippen LogP contribution in [-0.4, -0.2) is 29.4 Å². The molecule has 5 nitrogen and oxygen atoms in total. The summed E-state index contributed by atoms with van der Waals surface area (Å²) in [5.41, 5.74) is 5.35. The smallest absolute Gasteiger partial charge is 0.242 e. The van der Waals surface area contributed by atoms with E-state index in [2.05, 4.69) is 10.6 Å². The van der Waals surface area contributed by atoms with Crippen LogP contribution in [0.1, 0.15) is 51.9 Å². The predicted molar refractivity (Wildman–Crippen MR) is 68.8 cm³/mol. The Morgan fingerprint density at radius 3 is 2.39 bits per heavy atom. The lowest BCUT2D eigenvalue weighted by atomic mass is 9.82. The van der Waals surface area contributed by atoms with Crippen molar-refractivity contribution in [1.29, 1.82) is 0 Å². The molecule has 1 atom stereocenters. The van der Waals surface area contributed by atoms with E-state index >= 15 is 0 Å². The average Bonchev–Trinajstić information content (AvgIpc) is 3.13. The fourth-order valence-corrected chi connectivity index (χ4v) is 2.37. The highest BCUT2D eigenvalue weighted by Crippen LogP contribution is 2.26. The topological polar surface area (TPSA) is 84.2 Å². The van der Waals surface area contributed by atoms with Gasteiger partial charge in [-0.2, -0.15) is 0 Å². The van der Waals surface area contributed by atoms with Crippen LogP contribution >= 0.6 is 0 Å². The molecule has 0 bridgehead atoms. The monoisotopic (exact) mass is 253 g/mol. The zero-order chi connectivity index (χ0) is 13.2. The molecule has 18 heavy (non-hydrogen) atoms. The highest BCUT2D eigenvalue weighted by atomic mass is 16.2. The van der Waals surface area contributed by atoms with E-state index in [-0.39, 0.29) is 11.8 Å². The van der Waals surface area contributed by atoms with Crippen molar-refractivity contribution in [3.05, 3.63) is 0 Å². The highest BCUT2D eigenvalue weighted by molar-refractivity contribution is 5.91. The summed E-state index contributed by atoms with van der Waals surface area (Å²) >= 11 is 0. The molecule has 2 amide bonds. The Labute approximate surface area is 108 Å². The highest BCUT2D eigenvalue weighted by Gasteiger charge is 2.36. The van der Waals surface area contributed by atoms with E-state index < -0.39 is 11.6 Å². The van der Waals surface area contributed by atoms with Crippen LogP contribution in [0.3, 0.4) is 0 Å². The number of hydrogen-bond acceptors (Lipinski definition) is 3. The Kier molecular flexibility index (Phi) is 3.90. The van der Waals surface area contributed by atoms with Crippen LogP contribution in [0.15, 0.2) is 0 Å². The quantitative estimate of drug-likeness (QED) is 0.679. The maximum absolute atomic E-state index is 12.1. The first-order valence-corrected chi connectivity index (χ1v) is 6.91. The van der Waals surface area contributed by atoms with Crippen LogP contribution in [-0.2, 0) is 9.59 Å². The van der Waals surface area contributed by atoms with E-state index in [4.69, 9.17) is 5.73 Å². The summed E-state index contributed by atoms with van der Waals surface area (Å²) in [4.78, 5) is 23.9. The lowest BCUT2D eigenvalue weighted by Gasteiger charge is -2.32. The molecular weight excluding hydrogens is 230 g/mol. The molecule has 0 saturated heterocycles. The van der Waals surface area contributed by atoms with E-state index in [9.17, 15) is 9.59 Å². The van der Waals surface area contributed by atoms with Crippen molar-refractivity contribution in [2.24, 2.45) is 5.73 Å². The summed E-state index contributed by atoms with van der Waals surface area (Å²) in [5.74, 6) is -0.286. The third-order valence-corrected chi connectivity index (χ3v) is 3.86. The first-order valence-electron chi connectivity index (χ1n) is 6.91. The van der Waals surface area contributed by atoms with Gasteiger partial charge >= 0.3 is 0 Å². The van der Waals surface area contributed by atoms with Crippen LogP contribution in [0.2, 0.25) is 0 Å². The fourth-order valence-electron chi connectivity index (χ4n) is 2.37. The molecule has 0 aromatic heterocycles. The molecule has 0 radical (unpaired) electrons. The molecule has 2 aliphatic carbocycles. The van der Waals surface area contributed by atoms with Crippen molar-refractivity contribution in [2.75, 3.05) is 0 Å². The molecule has 0 aromatic carbocycles. The van der Waals surface area contributed by atoms with Crippen molar-refractivity contribution in [3.8, 4) is 0 Å². The number of hydrogen-bond donors (Lipinski definition) is 3. The van der Waals surface area contributed by atoms with Crippen LogP contribution in [0.5, 0.6) is 0 Å². The zero-order valence-corrected chi connectivity index (χ0v) is 11.0. The van der Waals surface area contributed by atoms with Gasteiger partial charge in [0.05, 0.1) is 5.54 Å². The van der Waals surface area contributed by atoms with Gasteiger partial charge < -0.3 is 16.4 Å². The van der Waals surface area contributed by atoms with Gasteiger partial charge in [0.1, 0.15) is 6.04 Å². The summed E-state index contributed by atoms with van der Waals surface area (Å²) in [6.45, 7) is 1.71. The second-order valence-electron chi connectivity index (χ2n) is 5.69. The van der Waals surface area contributed by atoms with Gasteiger partial charge in [-0.05, 0) is 32.6 Å². The molecule has 2 saturated carbocycles. The minimum absolute atomic E-state index is 0.106. The molecule has 5 heteroatoms. The molecule has 0 aliphatic heterocycles. The van der Waals surface area contributed by atoms with Crippen molar-refractivity contribution in [1.82, 2.24) is 10.6 Å². The lowest BCUT2D eigenvalue weighted by Crippen LogP contribution is -2.58. The van der Waals surface area contributed by atoms with E-state index in [1.165, 1.54) is 0 Å². The number of nitrogens with two attached hydrogens (primary N) is 1. The van der Waals surface area contributed by atoms with Crippen LogP contribution in [0, 0.1) is 0 Å². The third-order valence-electron chi connectivity index (χ3n) is 3.86. The molecular formula is C13H23N3O2. The number of amides is 2. The lowest BCUT2D eigenvalue weighted by molar-refractivity contribution is -0.132. The Hall–Kier alpha value is -1.10. The molecule has 4 N–H and O–H groups in total. The Morgan fingerprint density at radius 1 is 1.22 bits per heavy atom. The summed E-state index contributed by atoms with van der Waals surface area (Å²) < 4.78 is 0. The Morgan fingerprint density at radius 2 is 1.83 bits per heavy atom. The number of nitrogens with one attached hydrogen (secondary N) is 2. The molecule has 2 rings (SSSR count). The molecule has 102 valence electrons.